The van der Waals surface area contributed by atoms with Gasteiger partial charge < -0.3 is 15.2 Å². The highest BCUT2D eigenvalue weighted by atomic mass is 79.9. The van der Waals surface area contributed by atoms with Gasteiger partial charge in [-0.3, -0.25) is 4.79 Å². The lowest BCUT2D eigenvalue weighted by atomic mass is 10.1. The molecule has 0 radical (unpaired) electrons. The molecule has 1 aromatic heterocycles. The van der Waals surface area contributed by atoms with Gasteiger partial charge in [-0.1, -0.05) is 0 Å². The van der Waals surface area contributed by atoms with Crippen LogP contribution < -0.4 is 10.6 Å². The maximum atomic E-state index is 12.0. The Balaban J connectivity index is 1.99. The van der Waals surface area contributed by atoms with E-state index in [0.717, 1.165) is 30.4 Å². The first-order valence-electron chi connectivity index (χ1n) is 5.50. The second kappa shape index (κ2) is 5.01. The minimum atomic E-state index is 0.00176. The zero-order valence-corrected chi connectivity index (χ0v) is 10.9. The highest BCUT2D eigenvalue weighted by molar-refractivity contribution is 9.10. The molecule has 1 aromatic rings. The second-order valence-electron chi connectivity index (χ2n) is 4.17. The van der Waals surface area contributed by atoms with E-state index in [1.54, 1.807) is 0 Å². The average Bonchev–Trinajstić information content (AvgIpc) is 2.59. The van der Waals surface area contributed by atoms with Gasteiger partial charge in [0.05, 0.1) is 0 Å². The van der Waals surface area contributed by atoms with Crippen molar-refractivity contribution in [1.82, 2.24) is 15.2 Å². The largest absolute Gasteiger partial charge is 0.347 e. The van der Waals surface area contributed by atoms with Gasteiger partial charge in [-0.15, -0.1) is 0 Å². The number of aromatic nitrogens is 1. The van der Waals surface area contributed by atoms with Gasteiger partial charge in [0.1, 0.15) is 5.69 Å². The van der Waals surface area contributed by atoms with Crippen LogP contribution in [0, 0.1) is 0 Å². The molecule has 1 aliphatic heterocycles. The van der Waals surface area contributed by atoms with E-state index < -0.39 is 0 Å². The Kier molecular flexibility index (Phi) is 3.66. The molecule has 88 valence electrons. The number of amides is 1. The van der Waals surface area contributed by atoms with Crippen LogP contribution in [0.1, 0.15) is 23.3 Å². The minimum absolute atomic E-state index is 0.00176. The fourth-order valence-electron chi connectivity index (χ4n) is 1.98. The molecule has 1 amide bonds. The Morgan fingerprint density at radius 3 is 3.06 bits per heavy atom. The molecule has 2 heterocycles. The van der Waals surface area contributed by atoms with Crippen molar-refractivity contribution < 1.29 is 4.79 Å². The Bertz CT molecular complexity index is 383. The maximum absolute atomic E-state index is 12.0. The van der Waals surface area contributed by atoms with Gasteiger partial charge >= 0.3 is 0 Å². The van der Waals surface area contributed by atoms with E-state index in [-0.39, 0.29) is 11.9 Å². The molecule has 5 heteroatoms. The van der Waals surface area contributed by atoms with Crippen LogP contribution in [-0.4, -0.2) is 29.6 Å². The SMILES string of the molecule is Cn1cc(Br)cc1C(=O)N[C@H]1CCCNC1. The first kappa shape index (κ1) is 11.7. The second-order valence-corrected chi connectivity index (χ2v) is 5.09. The maximum Gasteiger partial charge on any atom is 0.268 e. The summed E-state index contributed by atoms with van der Waals surface area (Å²) in [5.74, 6) is 0.00176. The van der Waals surface area contributed by atoms with Crippen LogP contribution in [-0.2, 0) is 7.05 Å². The van der Waals surface area contributed by atoms with Gasteiger partial charge in [-0.2, -0.15) is 0 Å². The van der Waals surface area contributed by atoms with E-state index in [0.29, 0.717) is 5.69 Å². The summed E-state index contributed by atoms with van der Waals surface area (Å²) >= 11 is 3.36. The fraction of sp³-hybridized carbons (Fsp3) is 0.545. The number of hydrogen-bond donors (Lipinski definition) is 2. The van der Waals surface area contributed by atoms with Gasteiger partial charge in [0, 0.05) is 30.3 Å². The van der Waals surface area contributed by atoms with Crippen LogP contribution >= 0.6 is 15.9 Å². The minimum Gasteiger partial charge on any atom is -0.347 e. The van der Waals surface area contributed by atoms with Gasteiger partial charge in [-0.25, -0.2) is 0 Å². The molecule has 0 aliphatic carbocycles. The topological polar surface area (TPSA) is 46.1 Å². The third-order valence-corrected chi connectivity index (χ3v) is 3.27. The van der Waals surface area contributed by atoms with Crippen LogP contribution in [0.15, 0.2) is 16.7 Å². The zero-order chi connectivity index (χ0) is 11.5. The first-order chi connectivity index (χ1) is 7.66. The van der Waals surface area contributed by atoms with Crippen LogP contribution in [0.3, 0.4) is 0 Å². The zero-order valence-electron chi connectivity index (χ0n) is 9.29. The molecule has 0 unspecified atom stereocenters. The molecule has 1 aliphatic rings. The molecule has 0 spiro atoms. The molecule has 0 saturated carbocycles. The van der Waals surface area contributed by atoms with E-state index >= 15 is 0 Å². The lowest BCUT2D eigenvalue weighted by Crippen LogP contribution is -2.45. The number of aryl methyl sites for hydroxylation is 1. The number of nitrogens with one attached hydrogen (secondary N) is 2. The summed E-state index contributed by atoms with van der Waals surface area (Å²) in [7, 11) is 1.87. The Labute approximate surface area is 104 Å². The molecule has 4 nitrogen and oxygen atoms in total. The predicted octanol–water partition coefficient (Wildman–Crippen LogP) is 1.27. The monoisotopic (exact) mass is 285 g/mol. The van der Waals surface area contributed by atoms with Crippen molar-refractivity contribution in [3.63, 3.8) is 0 Å². The number of carbonyl (C=O) groups excluding carboxylic acids is 1. The van der Waals surface area contributed by atoms with Crippen LogP contribution in [0.2, 0.25) is 0 Å². The Morgan fingerprint density at radius 2 is 2.50 bits per heavy atom. The number of carbonyl (C=O) groups is 1. The van der Waals surface area contributed by atoms with E-state index in [1.165, 1.54) is 0 Å². The fourth-order valence-corrected chi connectivity index (χ4v) is 2.51. The smallest absolute Gasteiger partial charge is 0.268 e. The lowest BCUT2D eigenvalue weighted by Gasteiger charge is -2.23. The van der Waals surface area contributed by atoms with Crippen molar-refractivity contribution in [2.24, 2.45) is 7.05 Å². The third-order valence-electron chi connectivity index (χ3n) is 2.84. The molecule has 2 rings (SSSR count). The van der Waals surface area contributed by atoms with Crippen LogP contribution in [0.25, 0.3) is 0 Å². The van der Waals surface area contributed by atoms with E-state index in [1.807, 2.05) is 23.9 Å². The van der Waals surface area contributed by atoms with Gasteiger partial charge in [0.25, 0.3) is 5.91 Å². The molecule has 1 saturated heterocycles. The molecule has 1 atom stereocenters. The van der Waals surface area contributed by atoms with E-state index in [2.05, 4.69) is 26.6 Å². The first-order valence-corrected chi connectivity index (χ1v) is 6.29. The van der Waals surface area contributed by atoms with Gasteiger partial charge in [0.15, 0.2) is 0 Å². The molecular weight excluding hydrogens is 270 g/mol. The Hall–Kier alpha value is -0.810. The average molecular weight is 286 g/mol. The number of nitrogens with zero attached hydrogens (tertiary/aromatic N) is 1. The summed E-state index contributed by atoms with van der Waals surface area (Å²) in [4.78, 5) is 12.0. The molecule has 16 heavy (non-hydrogen) atoms. The number of piperidine rings is 1. The Morgan fingerprint density at radius 1 is 1.69 bits per heavy atom. The summed E-state index contributed by atoms with van der Waals surface area (Å²) in [6.45, 7) is 1.93. The summed E-state index contributed by atoms with van der Waals surface area (Å²) in [6, 6.07) is 2.10. The highest BCUT2D eigenvalue weighted by Gasteiger charge is 2.18. The highest BCUT2D eigenvalue weighted by Crippen LogP contribution is 2.14. The van der Waals surface area contributed by atoms with Crippen molar-refractivity contribution in [2.45, 2.75) is 18.9 Å². The number of halogens is 1. The van der Waals surface area contributed by atoms with Crippen molar-refractivity contribution >= 4 is 21.8 Å². The number of hydrogen-bond acceptors (Lipinski definition) is 2. The van der Waals surface area contributed by atoms with Crippen molar-refractivity contribution in [3.05, 3.63) is 22.4 Å². The molecule has 2 N–H and O–H groups in total. The summed E-state index contributed by atoms with van der Waals surface area (Å²) in [6.07, 6.45) is 4.07. The van der Waals surface area contributed by atoms with Gasteiger partial charge in [-0.05, 0) is 41.4 Å². The summed E-state index contributed by atoms with van der Waals surface area (Å²) in [5, 5.41) is 6.33. The normalized spacial score (nSPS) is 20.8. The van der Waals surface area contributed by atoms with E-state index in [4.69, 9.17) is 0 Å². The third kappa shape index (κ3) is 2.65. The summed E-state index contributed by atoms with van der Waals surface area (Å²) in [5.41, 5.74) is 0.692. The van der Waals surface area contributed by atoms with E-state index in [9.17, 15) is 4.79 Å². The number of rotatable bonds is 2. The molecule has 0 aromatic carbocycles. The predicted molar refractivity (Wildman–Crippen MR) is 66.5 cm³/mol. The standard InChI is InChI=1S/C11H16BrN3O/c1-15-7-8(12)5-10(15)11(16)14-9-3-2-4-13-6-9/h5,7,9,13H,2-4,6H2,1H3,(H,14,16)/t9-/m0/s1. The molecule has 0 bridgehead atoms. The van der Waals surface area contributed by atoms with Gasteiger partial charge in [0.2, 0.25) is 0 Å². The molecular formula is C11H16BrN3O. The van der Waals surface area contributed by atoms with Crippen LogP contribution in [0.5, 0.6) is 0 Å². The quantitative estimate of drug-likeness (QED) is 0.860. The lowest BCUT2D eigenvalue weighted by molar-refractivity contribution is 0.0922. The van der Waals surface area contributed by atoms with Crippen LogP contribution in [0.4, 0.5) is 0 Å². The van der Waals surface area contributed by atoms with Crippen molar-refractivity contribution in [3.8, 4) is 0 Å². The molecule has 1 fully saturated rings. The summed E-state index contributed by atoms with van der Waals surface area (Å²) < 4.78 is 2.76. The van der Waals surface area contributed by atoms with Crippen molar-refractivity contribution in [1.29, 1.82) is 0 Å². The van der Waals surface area contributed by atoms with Crippen molar-refractivity contribution in [2.75, 3.05) is 13.1 Å².